The van der Waals surface area contributed by atoms with Crippen LogP contribution in [0.1, 0.15) is 12.5 Å². The molecule has 0 spiro atoms. The van der Waals surface area contributed by atoms with Crippen molar-refractivity contribution in [1.82, 2.24) is 4.90 Å². The van der Waals surface area contributed by atoms with Gasteiger partial charge in [-0.3, -0.25) is 19.3 Å². The highest BCUT2D eigenvalue weighted by atomic mass is 32.2. The quantitative estimate of drug-likeness (QED) is 0.454. The summed E-state index contributed by atoms with van der Waals surface area (Å²) < 4.78 is 10.9. The van der Waals surface area contributed by atoms with E-state index in [0.29, 0.717) is 29.4 Å². The van der Waals surface area contributed by atoms with E-state index in [-0.39, 0.29) is 11.5 Å². The molecule has 8 nitrogen and oxygen atoms in total. The third-order valence-electron chi connectivity index (χ3n) is 5.10. The maximum atomic E-state index is 12.9. The van der Waals surface area contributed by atoms with Gasteiger partial charge in [-0.25, -0.2) is 0 Å². The Hall–Kier alpha value is -4.29. The Morgan fingerprint density at radius 2 is 1.89 bits per heavy atom. The Bertz CT molecular complexity index is 1370. The lowest BCUT2D eigenvalue weighted by Gasteiger charge is -2.13. The van der Waals surface area contributed by atoms with Crippen LogP contribution in [0, 0.1) is 11.3 Å². The second kappa shape index (κ2) is 10.8. The second-order valence-electron chi connectivity index (χ2n) is 7.43. The molecule has 0 aliphatic carbocycles. The van der Waals surface area contributed by atoms with Crippen molar-refractivity contribution in [2.24, 2.45) is 0 Å². The van der Waals surface area contributed by atoms with Crippen LogP contribution in [0.15, 0.2) is 65.6 Å². The largest absolute Gasteiger partial charge is 0.490 e. The van der Waals surface area contributed by atoms with Crippen LogP contribution in [0.25, 0.3) is 16.8 Å². The van der Waals surface area contributed by atoms with Gasteiger partial charge in [-0.1, -0.05) is 42.5 Å². The summed E-state index contributed by atoms with van der Waals surface area (Å²) in [6.45, 7) is 1.68. The normalized spacial score (nSPS) is 14.3. The lowest BCUT2D eigenvalue weighted by atomic mass is 10.1. The van der Waals surface area contributed by atoms with Crippen LogP contribution in [0.4, 0.5) is 10.5 Å². The highest BCUT2D eigenvalue weighted by molar-refractivity contribution is 8.18. The van der Waals surface area contributed by atoms with Gasteiger partial charge >= 0.3 is 0 Å². The first-order valence-corrected chi connectivity index (χ1v) is 11.6. The Balaban J connectivity index is 1.48. The van der Waals surface area contributed by atoms with E-state index >= 15 is 0 Å². The Kier molecular flexibility index (Phi) is 7.33. The van der Waals surface area contributed by atoms with E-state index in [1.165, 1.54) is 0 Å². The third-order valence-corrected chi connectivity index (χ3v) is 6.00. The van der Waals surface area contributed by atoms with Gasteiger partial charge in [-0.15, -0.1) is 0 Å². The summed E-state index contributed by atoms with van der Waals surface area (Å²) in [6.07, 6.45) is 1.56. The van der Waals surface area contributed by atoms with Gasteiger partial charge in [0.25, 0.3) is 11.1 Å². The van der Waals surface area contributed by atoms with Crippen LogP contribution in [0.2, 0.25) is 0 Å². The van der Waals surface area contributed by atoms with Crippen molar-refractivity contribution in [3.63, 3.8) is 0 Å². The van der Waals surface area contributed by atoms with Crippen molar-refractivity contribution < 1.29 is 23.9 Å². The van der Waals surface area contributed by atoms with Crippen molar-refractivity contribution in [1.29, 1.82) is 5.26 Å². The molecule has 0 bridgehead atoms. The molecule has 0 saturated carbocycles. The van der Waals surface area contributed by atoms with Crippen LogP contribution in [-0.4, -0.2) is 41.7 Å². The number of hydrogen-bond donors (Lipinski definition) is 1. The zero-order valence-electron chi connectivity index (χ0n) is 18.8. The number of anilines is 1. The number of thioether (sulfide) groups is 1. The molecule has 0 unspecified atom stereocenters. The molecule has 1 aliphatic heterocycles. The molecule has 0 atom stereocenters. The zero-order chi connectivity index (χ0) is 24.8. The Labute approximate surface area is 206 Å². The number of benzene rings is 3. The molecule has 3 amide bonds. The number of carbonyl (C=O) groups is 3. The van der Waals surface area contributed by atoms with Crippen LogP contribution < -0.4 is 14.8 Å². The summed E-state index contributed by atoms with van der Waals surface area (Å²) in [5.74, 6) is -0.188. The number of nitrogens with zero attached hydrogens (tertiary/aromatic N) is 2. The van der Waals surface area contributed by atoms with Gasteiger partial charge in [0, 0.05) is 11.1 Å². The van der Waals surface area contributed by atoms with E-state index in [4.69, 9.17) is 14.7 Å². The summed E-state index contributed by atoms with van der Waals surface area (Å²) >= 11 is 0.768. The number of ether oxygens (including phenoxy) is 2. The minimum absolute atomic E-state index is 0.126. The van der Waals surface area contributed by atoms with Crippen molar-refractivity contribution >= 4 is 51.4 Å². The lowest BCUT2D eigenvalue weighted by Crippen LogP contribution is -2.36. The Morgan fingerprint density at radius 1 is 1.09 bits per heavy atom. The minimum atomic E-state index is -0.546. The van der Waals surface area contributed by atoms with E-state index in [0.717, 1.165) is 27.4 Å². The molecule has 3 aromatic carbocycles. The molecule has 4 rings (SSSR count). The number of fused-ring (bicyclic) bond motifs is 1. The van der Waals surface area contributed by atoms with Gasteiger partial charge in [0.2, 0.25) is 5.91 Å². The smallest absolute Gasteiger partial charge is 0.294 e. The van der Waals surface area contributed by atoms with E-state index in [1.807, 2.05) is 49.4 Å². The lowest BCUT2D eigenvalue weighted by molar-refractivity contribution is -0.127. The summed E-state index contributed by atoms with van der Waals surface area (Å²) in [4.78, 5) is 39.2. The third kappa shape index (κ3) is 5.45. The molecular formula is C26H21N3O5S. The molecule has 0 radical (unpaired) electrons. The highest BCUT2D eigenvalue weighted by Crippen LogP contribution is 2.35. The predicted octanol–water partition coefficient (Wildman–Crippen LogP) is 4.82. The standard InChI is InChI=1S/C26H21N3O5S/c1-2-33-22-14-17(10-11-21(22)34-13-12-27)15-23-25(31)29(26(32)35-23)16-24(30)28-20-9-5-7-18-6-3-4-8-19(18)20/h3-11,14-15H,2,13,16H2,1H3,(H,28,30)/b23-15-. The molecule has 1 N–H and O–H groups in total. The predicted molar refractivity (Wildman–Crippen MR) is 134 cm³/mol. The van der Waals surface area contributed by atoms with Crippen molar-refractivity contribution in [2.75, 3.05) is 25.1 Å². The van der Waals surface area contributed by atoms with E-state index in [9.17, 15) is 14.4 Å². The molecular weight excluding hydrogens is 466 g/mol. The van der Waals surface area contributed by atoms with Crippen molar-refractivity contribution in [2.45, 2.75) is 6.92 Å². The van der Waals surface area contributed by atoms with E-state index in [1.54, 1.807) is 30.3 Å². The summed E-state index contributed by atoms with van der Waals surface area (Å²) in [6, 6.07) is 20.0. The monoisotopic (exact) mass is 487 g/mol. The van der Waals surface area contributed by atoms with Gasteiger partial charge in [0.1, 0.15) is 12.6 Å². The van der Waals surface area contributed by atoms with Gasteiger partial charge in [-0.05, 0) is 53.9 Å². The summed E-state index contributed by atoms with van der Waals surface area (Å²) in [7, 11) is 0. The molecule has 0 aromatic heterocycles. The number of hydrogen-bond acceptors (Lipinski definition) is 7. The van der Waals surface area contributed by atoms with Crippen molar-refractivity contribution in [3.05, 3.63) is 71.1 Å². The average molecular weight is 488 g/mol. The molecule has 9 heteroatoms. The SMILES string of the molecule is CCOc1cc(/C=C2\SC(=O)N(CC(=O)Nc3cccc4ccccc34)C2=O)ccc1OCC#N. The van der Waals surface area contributed by atoms with E-state index < -0.39 is 23.6 Å². The molecule has 35 heavy (non-hydrogen) atoms. The number of imide groups is 1. The average Bonchev–Trinajstić information content (AvgIpc) is 3.11. The fourth-order valence-electron chi connectivity index (χ4n) is 3.57. The minimum Gasteiger partial charge on any atom is -0.490 e. The molecule has 3 aromatic rings. The van der Waals surface area contributed by atoms with Crippen LogP contribution >= 0.6 is 11.8 Å². The number of carbonyl (C=O) groups excluding carboxylic acids is 3. The molecule has 176 valence electrons. The number of nitrogens with one attached hydrogen (secondary N) is 1. The number of rotatable bonds is 8. The fourth-order valence-corrected chi connectivity index (χ4v) is 4.41. The zero-order valence-corrected chi connectivity index (χ0v) is 19.6. The molecule has 1 fully saturated rings. The maximum Gasteiger partial charge on any atom is 0.294 e. The van der Waals surface area contributed by atoms with Gasteiger partial charge < -0.3 is 14.8 Å². The number of nitriles is 1. The highest BCUT2D eigenvalue weighted by Gasteiger charge is 2.36. The first kappa shape index (κ1) is 23.9. The topological polar surface area (TPSA) is 109 Å². The van der Waals surface area contributed by atoms with E-state index in [2.05, 4.69) is 5.32 Å². The first-order valence-electron chi connectivity index (χ1n) is 10.8. The first-order chi connectivity index (χ1) is 17.0. The van der Waals surface area contributed by atoms with Crippen LogP contribution in [0.3, 0.4) is 0 Å². The number of amides is 3. The van der Waals surface area contributed by atoms with Crippen LogP contribution in [0.5, 0.6) is 11.5 Å². The van der Waals surface area contributed by atoms with Gasteiger partial charge in [-0.2, -0.15) is 5.26 Å². The van der Waals surface area contributed by atoms with Gasteiger partial charge in [0.05, 0.1) is 11.5 Å². The molecule has 1 heterocycles. The molecule has 1 aliphatic rings. The van der Waals surface area contributed by atoms with Crippen molar-refractivity contribution in [3.8, 4) is 17.6 Å². The maximum absolute atomic E-state index is 12.9. The Morgan fingerprint density at radius 3 is 2.69 bits per heavy atom. The van der Waals surface area contributed by atoms with Crippen LogP contribution in [-0.2, 0) is 9.59 Å². The molecule has 1 saturated heterocycles. The second-order valence-corrected chi connectivity index (χ2v) is 8.42. The summed E-state index contributed by atoms with van der Waals surface area (Å²) in [5, 5.41) is 12.8. The fraction of sp³-hybridized carbons (Fsp3) is 0.154. The van der Waals surface area contributed by atoms with Gasteiger partial charge in [0.15, 0.2) is 18.1 Å². The summed E-state index contributed by atoms with van der Waals surface area (Å²) in [5.41, 5.74) is 1.22.